The van der Waals surface area contributed by atoms with Crippen molar-refractivity contribution in [3.05, 3.63) is 35.9 Å². The molecule has 6 nitrogen and oxygen atoms in total. The Bertz CT molecular complexity index is 704. The topological polar surface area (TPSA) is 78.9 Å². The van der Waals surface area contributed by atoms with E-state index in [2.05, 4.69) is 5.32 Å². The molecule has 3 unspecified atom stereocenters. The lowest BCUT2D eigenvalue weighted by Crippen LogP contribution is -2.54. The highest BCUT2D eigenvalue weighted by atomic mass is 19.4. The minimum Gasteiger partial charge on any atom is -0.444 e. The maximum absolute atomic E-state index is 13.1. The molecule has 9 heteroatoms. The fourth-order valence-corrected chi connectivity index (χ4v) is 3.35. The average Bonchev–Trinajstić information content (AvgIpc) is 2.59. The first-order chi connectivity index (χ1) is 13.4. The van der Waals surface area contributed by atoms with E-state index < -0.39 is 42.0 Å². The minimum absolute atomic E-state index is 0.0743. The number of benzene rings is 1. The van der Waals surface area contributed by atoms with Crippen LogP contribution in [0.2, 0.25) is 0 Å². The Hall–Kier alpha value is -2.29. The SMILES string of the molecule is CC(C)(C)OC(=O)NC1CCC(N(Cc2ccccc2)C(=O)C(F)(F)F)CC1O. The molecule has 3 atom stereocenters. The summed E-state index contributed by atoms with van der Waals surface area (Å²) in [7, 11) is 0. The highest BCUT2D eigenvalue weighted by Gasteiger charge is 2.46. The number of carbonyl (C=O) groups is 2. The molecule has 29 heavy (non-hydrogen) atoms. The van der Waals surface area contributed by atoms with E-state index in [0.717, 1.165) is 4.90 Å². The summed E-state index contributed by atoms with van der Waals surface area (Å²) < 4.78 is 44.5. The van der Waals surface area contributed by atoms with Crippen molar-refractivity contribution in [2.75, 3.05) is 0 Å². The number of hydrogen-bond donors (Lipinski definition) is 2. The number of halogens is 3. The summed E-state index contributed by atoms with van der Waals surface area (Å²) in [5.41, 5.74) is -0.147. The molecule has 0 spiro atoms. The first kappa shape index (κ1) is 23.0. The second-order valence-electron chi connectivity index (χ2n) is 8.20. The number of amides is 2. The van der Waals surface area contributed by atoms with E-state index in [9.17, 15) is 27.9 Å². The van der Waals surface area contributed by atoms with Crippen molar-refractivity contribution in [1.82, 2.24) is 10.2 Å². The zero-order valence-corrected chi connectivity index (χ0v) is 16.7. The second kappa shape index (κ2) is 9.02. The molecule has 0 aliphatic heterocycles. The van der Waals surface area contributed by atoms with Crippen LogP contribution in [0.15, 0.2) is 30.3 Å². The van der Waals surface area contributed by atoms with Gasteiger partial charge in [0.05, 0.1) is 12.1 Å². The minimum atomic E-state index is -5.01. The van der Waals surface area contributed by atoms with Crippen LogP contribution in [0.5, 0.6) is 0 Å². The number of ether oxygens (including phenoxy) is 1. The van der Waals surface area contributed by atoms with Gasteiger partial charge in [-0.05, 0) is 45.6 Å². The molecule has 2 N–H and O–H groups in total. The molecular weight excluding hydrogens is 389 g/mol. The number of aliphatic hydroxyl groups is 1. The summed E-state index contributed by atoms with van der Waals surface area (Å²) in [6, 6.07) is 6.93. The van der Waals surface area contributed by atoms with Crippen LogP contribution in [0.3, 0.4) is 0 Å². The third-order valence-corrected chi connectivity index (χ3v) is 4.63. The van der Waals surface area contributed by atoms with Gasteiger partial charge in [-0.2, -0.15) is 13.2 Å². The molecule has 0 aromatic heterocycles. The van der Waals surface area contributed by atoms with Crippen LogP contribution >= 0.6 is 0 Å². The van der Waals surface area contributed by atoms with Crippen molar-refractivity contribution in [3.8, 4) is 0 Å². The molecule has 0 bridgehead atoms. The number of alkyl carbamates (subject to hydrolysis) is 1. The normalized spacial score (nSPS) is 22.7. The van der Waals surface area contributed by atoms with Gasteiger partial charge in [0.1, 0.15) is 5.60 Å². The van der Waals surface area contributed by atoms with E-state index in [1.807, 2.05) is 0 Å². The summed E-state index contributed by atoms with van der Waals surface area (Å²) in [4.78, 5) is 24.7. The molecule has 2 amide bonds. The first-order valence-corrected chi connectivity index (χ1v) is 9.46. The highest BCUT2D eigenvalue weighted by Crippen LogP contribution is 2.29. The summed E-state index contributed by atoms with van der Waals surface area (Å²) in [6.45, 7) is 4.89. The Kier molecular flexibility index (Phi) is 7.15. The number of nitrogens with one attached hydrogen (secondary N) is 1. The fourth-order valence-electron chi connectivity index (χ4n) is 3.35. The van der Waals surface area contributed by atoms with Crippen molar-refractivity contribution >= 4 is 12.0 Å². The molecule has 1 saturated carbocycles. The predicted octanol–water partition coefficient (Wildman–Crippen LogP) is 3.38. The molecule has 1 aliphatic rings. The van der Waals surface area contributed by atoms with Crippen LogP contribution in [0.4, 0.5) is 18.0 Å². The van der Waals surface area contributed by atoms with E-state index in [-0.39, 0.29) is 25.8 Å². The van der Waals surface area contributed by atoms with Gasteiger partial charge in [-0.1, -0.05) is 30.3 Å². The number of rotatable bonds is 4. The molecule has 0 heterocycles. The molecule has 1 aliphatic carbocycles. The van der Waals surface area contributed by atoms with Crippen molar-refractivity contribution in [1.29, 1.82) is 0 Å². The third-order valence-electron chi connectivity index (χ3n) is 4.63. The Morgan fingerprint density at radius 2 is 1.79 bits per heavy atom. The number of nitrogens with zero attached hydrogens (tertiary/aromatic N) is 1. The molecular formula is C20H27F3N2O4. The second-order valence-corrected chi connectivity index (χ2v) is 8.20. The quantitative estimate of drug-likeness (QED) is 0.789. The van der Waals surface area contributed by atoms with E-state index in [1.165, 1.54) is 0 Å². The molecule has 1 fully saturated rings. The van der Waals surface area contributed by atoms with Crippen LogP contribution in [0.1, 0.15) is 45.6 Å². The Labute approximate surface area is 168 Å². The largest absolute Gasteiger partial charge is 0.471 e. The molecule has 0 radical (unpaired) electrons. The van der Waals surface area contributed by atoms with Crippen molar-refractivity contribution < 1.29 is 32.6 Å². The van der Waals surface area contributed by atoms with E-state index in [4.69, 9.17) is 4.74 Å². The maximum Gasteiger partial charge on any atom is 0.471 e. The molecule has 1 aromatic carbocycles. The standard InChI is InChI=1S/C20H27F3N2O4/c1-19(2,3)29-18(28)24-15-10-9-14(11-16(15)26)25(17(27)20(21,22)23)12-13-7-5-4-6-8-13/h4-8,14-16,26H,9-12H2,1-3H3,(H,24,28). The van der Waals surface area contributed by atoms with E-state index in [1.54, 1.807) is 51.1 Å². The van der Waals surface area contributed by atoms with Crippen LogP contribution in [-0.2, 0) is 16.1 Å². The van der Waals surface area contributed by atoms with Gasteiger partial charge in [0, 0.05) is 12.6 Å². The zero-order chi connectivity index (χ0) is 21.8. The molecule has 162 valence electrons. The first-order valence-electron chi connectivity index (χ1n) is 9.46. The monoisotopic (exact) mass is 416 g/mol. The summed E-state index contributed by atoms with van der Waals surface area (Å²) in [6.07, 6.45) is -6.44. The molecule has 2 rings (SSSR count). The molecule has 1 aromatic rings. The van der Waals surface area contributed by atoms with Crippen LogP contribution in [0, 0.1) is 0 Å². The Morgan fingerprint density at radius 3 is 2.31 bits per heavy atom. The van der Waals surface area contributed by atoms with Gasteiger partial charge < -0.3 is 20.1 Å². The Balaban J connectivity index is 2.08. The highest BCUT2D eigenvalue weighted by molar-refractivity contribution is 5.82. The number of alkyl halides is 3. The van der Waals surface area contributed by atoms with Gasteiger partial charge in [-0.25, -0.2) is 4.79 Å². The summed E-state index contributed by atoms with van der Waals surface area (Å²) in [5.74, 6) is -1.93. The predicted molar refractivity (Wildman–Crippen MR) is 99.9 cm³/mol. The van der Waals surface area contributed by atoms with E-state index in [0.29, 0.717) is 5.56 Å². The summed E-state index contributed by atoms with van der Waals surface area (Å²) in [5, 5.41) is 13.0. The zero-order valence-electron chi connectivity index (χ0n) is 16.7. The van der Waals surface area contributed by atoms with Crippen LogP contribution < -0.4 is 5.32 Å². The lowest BCUT2D eigenvalue weighted by molar-refractivity contribution is -0.190. The maximum atomic E-state index is 13.1. The van der Waals surface area contributed by atoms with Crippen molar-refractivity contribution in [2.24, 2.45) is 0 Å². The molecule has 0 saturated heterocycles. The smallest absolute Gasteiger partial charge is 0.444 e. The van der Waals surface area contributed by atoms with Crippen LogP contribution in [-0.4, -0.2) is 52.0 Å². The van der Waals surface area contributed by atoms with Crippen molar-refractivity contribution in [3.63, 3.8) is 0 Å². The Morgan fingerprint density at radius 1 is 1.17 bits per heavy atom. The lowest BCUT2D eigenvalue weighted by atomic mass is 9.87. The number of aliphatic hydroxyl groups excluding tert-OH is 1. The van der Waals surface area contributed by atoms with Gasteiger partial charge in [0.15, 0.2) is 0 Å². The lowest BCUT2D eigenvalue weighted by Gasteiger charge is -2.40. The third kappa shape index (κ3) is 6.92. The van der Waals surface area contributed by atoms with Crippen LogP contribution in [0.25, 0.3) is 0 Å². The fraction of sp³-hybridized carbons (Fsp3) is 0.600. The van der Waals surface area contributed by atoms with Gasteiger partial charge in [-0.15, -0.1) is 0 Å². The number of hydrogen-bond acceptors (Lipinski definition) is 4. The summed E-state index contributed by atoms with van der Waals surface area (Å²) >= 11 is 0. The van der Waals surface area contributed by atoms with E-state index >= 15 is 0 Å². The van der Waals surface area contributed by atoms with Gasteiger partial charge in [0.25, 0.3) is 0 Å². The number of carbonyl (C=O) groups excluding carboxylic acids is 2. The van der Waals surface area contributed by atoms with Gasteiger partial charge in [-0.3, -0.25) is 4.79 Å². The van der Waals surface area contributed by atoms with Gasteiger partial charge >= 0.3 is 18.2 Å². The van der Waals surface area contributed by atoms with Gasteiger partial charge in [0.2, 0.25) is 0 Å². The van der Waals surface area contributed by atoms with Crippen molar-refractivity contribution in [2.45, 2.75) is 76.5 Å². The average molecular weight is 416 g/mol.